The minimum Gasteiger partial charge on any atom is -0.394 e. The molecule has 0 radical (unpaired) electrons. The molecule has 4 unspecified atom stereocenters. The largest absolute Gasteiger partial charge is 0.394 e. The van der Waals surface area contributed by atoms with Crippen molar-refractivity contribution in [2.24, 2.45) is 0 Å². The van der Waals surface area contributed by atoms with E-state index >= 15 is 0 Å². The van der Waals surface area contributed by atoms with Gasteiger partial charge >= 0.3 is 0 Å². The molecule has 0 saturated heterocycles. The van der Waals surface area contributed by atoms with Gasteiger partial charge in [-0.3, -0.25) is 24.6 Å². The molecule has 0 fully saturated rings. The predicted octanol–water partition coefficient (Wildman–Crippen LogP) is -1.70. The summed E-state index contributed by atoms with van der Waals surface area (Å²) in [7, 11) is 3.30. The quantitative estimate of drug-likeness (QED) is 0.195. The summed E-state index contributed by atoms with van der Waals surface area (Å²) in [6, 6.07) is 11.5. The molecule has 0 saturated carbocycles. The van der Waals surface area contributed by atoms with E-state index < -0.39 is 31.0 Å². The first-order valence-electron chi connectivity index (χ1n) is 11.5. The van der Waals surface area contributed by atoms with E-state index in [0.717, 1.165) is 11.4 Å². The fourth-order valence-electron chi connectivity index (χ4n) is 3.45. The van der Waals surface area contributed by atoms with Crippen molar-refractivity contribution in [1.29, 1.82) is 0 Å². The van der Waals surface area contributed by atoms with Crippen molar-refractivity contribution in [2.45, 2.75) is 37.5 Å². The predicted molar refractivity (Wildman–Crippen MR) is 129 cm³/mol. The molecule has 0 aromatic carbocycles. The molecule has 2 rings (SSSR count). The molecule has 5 N–H and O–H groups in total. The van der Waals surface area contributed by atoms with Crippen LogP contribution in [0.5, 0.6) is 0 Å². The van der Waals surface area contributed by atoms with Crippen LogP contribution in [0.25, 0.3) is 0 Å². The van der Waals surface area contributed by atoms with Crippen LogP contribution in [-0.2, 0) is 17.9 Å². The lowest BCUT2D eigenvalue weighted by atomic mass is 10.0. The molecule has 194 valence electrons. The van der Waals surface area contributed by atoms with Crippen LogP contribution in [-0.4, -0.2) is 127 Å². The minimum atomic E-state index is -1.73. The maximum Gasteiger partial charge on any atom is 0.236 e. The van der Waals surface area contributed by atoms with Gasteiger partial charge in [0, 0.05) is 52.2 Å². The van der Waals surface area contributed by atoms with Gasteiger partial charge in [0.2, 0.25) is 5.91 Å². The highest BCUT2D eigenvalue weighted by Gasteiger charge is 2.31. The van der Waals surface area contributed by atoms with E-state index in [-0.39, 0.29) is 19.0 Å². The van der Waals surface area contributed by atoms with Crippen LogP contribution in [0.1, 0.15) is 11.4 Å². The molecule has 0 bridgehead atoms. The number of pyridine rings is 2. The molecule has 11 nitrogen and oxygen atoms in total. The number of hydrogen-bond acceptors (Lipinski definition) is 10. The summed E-state index contributed by atoms with van der Waals surface area (Å²) in [4.78, 5) is 26.7. The Bertz CT molecular complexity index is 820. The van der Waals surface area contributed by atoms with Crippen LogP contribution in [0, 0.1) is 0 Å². The maximum atomic E-state index is 12.6. The van der Waals surface area contributed by atoms with Crippen LogP contribution < -0.4 is 0 Å². The first-order chi connectivity index (χ1) is 16.7. The summed E-state index contributed by atoms with van der Waals surface area (Å²) in [5.74, 6) is -0.281. The second kappa shape index (κ2) is 14.8. The van der Waals surface area contributed by atoms with Gasteiger partial charge in [0.05, 0.1) is 24.5 Å². The van der Waals surface area contributed by atoms with E-state index in [4.69, 9.17) is 5.11 Å². The number of aliphatic hydroxyl groups is 5. The normalized spacial score (nSPS) is 15.1. The third-order valence-corrected chi connectivity index (χ3v) is 5.64. The number of amides is 1. The number of likely N-dealkylation sites (N-methyl/N-ethyl adjacent to an activating group) is 2. The highest BCUT2D eigenvalue weighted by atomic mass is 16.4. The van der Waals surface area contributed by atoms with E-state index in [2.05, 4.69) is 14.9 Å². The highest BCUT2D eigenvalue weighted by molar-refractivity contribution is 5.78. The Morgan fingerprint density at radius 3 is 1.89 bits per heavy atom. The standard InChI is InChI=1S/C24H37N5O6/c1-27(16-22(33)28(2)15-20(31)23(34)24(35)21(32)17-30)11-12-29(13-18-7-3-5-9-25-18)14-19-8-4-6-10-26-19/h3-10,20-21,23-24,30-32,34-35H,11-17H2,1-2H3. The number of nitrogens with zero attached hydrogens (tertiary/aromatic N) is 5. The summed E-state index contributed by atoms with van der Waals surface area (Å²) in [6.07, 6.45) is -3.01. The Labute approximate surface area is 205 Å². The Balaban J connectivity index is 1.87. The first-order valence-corrected chi connectivity index (χ1v) is 11.5. The fraction of sp³-hybridized carbons (Fsp3) is 0.542. The molecule has 0 spiro atoms. The maximum absolute atomic E-state index is 12.6. The smallest absolute Gasteiger partial charge is 0.236 e. The molecule has 1 amide bonds. The second-order valence-corrected chi connectivity index (χ2v) is 8.66. The van der Waals surface area contributed by atoms with Crippen LogP contribution >= 0.6 is 0 Å². The van der Waals surface area contributed by atoms with Gasteiger partial charge in [-0.25, -0.2) is 0 Å². The van der Waals surface area contributed by atoms with E-state index in [0.29, 0.717) is 26.2 Å². The van der Waals surface area contributed by atoms with Crippen molar-refractivity contribution in [3.8, 4) is 0 Å². The van der Waals surface area contributed by atoms with Crippen molar-refractivity contribution in [3.05, 3.63) is 60.2 Å². The zero-order chi connectivity index (χ0) is 25.8. The molecule has 35 heavy (non-hydrogen) atoms. The molecule has 4 atom stereocenters. The topological polar surface area (TPSA) is 154 Å². The van der Waals surface area contributed by atoms with Gasteiger partial charge in [-0.05, 0) is 31.3 Å². The summed E-state index contributed by atoms with van der Waals surface area (Å²) in [5, 5.41) is 48.1. The van der Waals surface area contributed by atoms with Gasteiger partial charge in [-0.2, -0.15) is 0 Å². The third kappa shape index (κ3) is 9.94. The lowest BCUT2D eigenvalue weighted by Crippen LogP contribution is -2.50. The third-order valence-electron chi connectivity index (χ3n) is 5.64. The molecule has 0 aliphatic carbocycles. The van der Waals surface area contributed by atoms with Crippen molar-refractivity contribution in [3.63, 3.8) is 0 Å². The fourth-order valence-corrected chi connectivity index (χ4v) is 3.45. The van der Waals surface area contributed by atoms with Gasteiger partial charge in [0.15, 0.2) is 0 Å². The number of aliphatic hydroxyl groups excluding tert-OH is 5. The average Bonchev–Trinajstić information content (AvgIpc) is 2.86. The number of carbonyl (C=O) groups excluding carboxylic acids is 1. The summed E-state index contributed by atoms with van der Waals surface area (Å²) < 4.78 is 0. The Kier molecular flexibility index (Phi) is 12.1. The van der Waals surface area contributed by atoms with Crippen molar-refractivity contribution in [2.75, 3.05) is 46.9 Å². The Morgan fingerprint density at radius 1 is 0.857 bits per heavy atom. The van der Waals surface area contributed by atoms with Crippen LogP contribution in [0.4, 0.5) is 0 Å². The molecule has 0 aliphatic heterocycles. The van der Waals surface area contributed by atoms with Crippen LogP contribution in [0.3, 0.4) is 0 Å². The van der Waals surface area contributed by atoms with Gasteiger partial charge in [-0.15, -0.1) is 0 Å². The minimum absolute atomic E-state index is 0.0855. The van der Waals surface area contributed by atoms with Gasteiger partial charge in [-0.1, -0.05) is 12.1 Å². The van der Waals surface area contributed by atoms with Gasteiger partial charge < -0.3 is 30.4 Å². The zero-order valence-corrected chi connectivity index (χ0v) is 20.3. The van der Waals surface area contributed by atoms with E-state index in [1.54, 1.807) is 12.4 Å². The van der Waals surface area contributed by atoms with Crippen molar-refractivity contribution < 1.29 is 30.3 Å². The summed E-state index contributed by atoms with van der Waals surface area (Å²) in [5.41, 5.74) is 1.87. The first kappa shape index (κ1) is 28.7. The van der Waals surface area contributed by atoms with E-state index in [1.807, 2.05) is 48.3 Å². The number of hydrogen-bond donors (Lipinski definition) is 5. The van der Waals surface area contributed by atoms with Crippen molar-refractivity contribution in [1.82, 2.24) is 24.7 Å². The molecular formula is C24H37N5O6. The SMILES string of the molecule is CN(CCN(Cc1ccccn1)Cc1ccccn1)CC(=O)N(C)CC(O)C(O)C(O)C(O)CO. The number of rotatable bonds is 15. The number of aromatic nitrogens is 2. The lowest BCUT2D eigenvalue weighted by Gasteiger charge is -2.30. The van der Waals surface area contributed by atoms with Crippen molar-refractivity contribution >= 4 is 5.91 Å². The summed E-state index contributed by atoms with van der Waals surface area (Å²) >= 11 is 0. The van der Waals surface area contributed by atoms with Gasteiger partial charge in [0.25, 0.3) is 0 Å². The monoisotopic (exact) mass is 491 g/mol. The van der Waals surface area contributed by atoms with E-state index in [1.165, 1.54) is 11.9 Å². The summed E-state index contributed by atoms with van der Waals surface area (Å²) in [6.45, 7) is 1.59. The van der Waals surface area contributed by atoms with E-state index in [9.17, 15) is 25.2 Å². The second-order valence-electron chi connectivity index (χ2n) is 8.66. The number of carbonyl (C=O) groups is 1. The molecule has 11 heteroatoms. The van der Waals surface area contributed by atoms with Gasteiger partial charge in [0.1, 0.15) is 24.4 Å². The molecule has 2 aromatic rings. The van der Waals surface area contributed by atoms with Crippen LogP contribution in [0.2, 0.25) is 0 Å². The lowest BCUT2D eigenvalue weighted by molar-refractivity contribution is -0.138. The molecule has 0 aliphatic rings. The molecule has 2 heterocycles. The Morgan fingerprint density at radius 2 is 1.40 bits per heavy atom. The zero-order valence-electron chi connectivity index (χ0n) is 20.3. The average molecular weight is 492 g/mol. The Hall–Kier alpha value is -2.51. The highest BCUT2D eigenvalue weighted by Crippen LogP contribution is 2.08. The molecule has 2 aromatic heterocycles. The van der Waals surface area contributed by atoms with Crippen LogP contribution in [0.15, 0.2) is 48.8 Å². The molecular weight excluding hydrogens is 454 g/mol.